The van der Waals surface area contributed by atoms with Gasteiger partial charge >= 0.3 is 0 Å². The maximum Gasteiger partial charge on any atom is 0.186 e. The predicted molar refractivity (Wildman–Crippen MR) is 188 cm³/mol. The van der Waals surface area contributed by atoms with Gasteiger partial charge in [-0.2, -0.15) is 0 Å². The number of allylic oxidation sites excluding steroid dienone is 4. The van der Waals surface area contributed by atoms with Gasteiger partial charge in [0, 0.05) is 35.4 Å². The SMILES string of the molecule is COCCOc1cc2ncnc(Nc3ccc(OCc4ccc(OCc5ccccc5)c(OC)c4)c(C4=CC(=O)C=CC4=O)c3)c2cc1OC. The average molecular weight is 674 g/mol. The Bertz CT molecular complexity index is 2080. The van der Waals surface area contributed by atoms with Crippen molar-refractivity contribution in [2.24, 2.45) is 0 Å². The van der Waals surface area contributed by atoms with Crippen LogP contribution >= 0.6 is 0 Å². The summed E-state index contributed by atoms with van der Waals surface area (Å²) in [5.41, 5.74) is 3.74. The maximum atomic E-state index is 13.0. The summed E-state index contributed by atoms with van der Waals surface area (Å²) in [6.45, 7) is 1.33. The van der Waals surface area contributed by atoms with Crippen molar-refractivity contribution < 1.29 is 38.0 Å². The number of nitrogens with one attached hydrogen (secondary N) is 1. The molecular weight excluding hydrogens is 638 g/mol. The number of ether oxygens (including phenoxy) is 6. The standard InChI is InChI=1S/C39H35N3O8/c1-45-15-16-48-38-21-32-31(20-37(38)47-3)39(41-24-40-32)42-27-10-14-34(30(18-27)29-19-28(43)11-12-33(29)44)49-23-26-9-13-35(36(17-26)46-2)50-22-25-7-5-4-6-8-25/h4-14,17-21,24H,15-16,22-23H2,1-3H3,(H,40,41,42). The quantitative estimate of drug-likeness (QED) is 0.0946. The summed E-state index contributed by atoms with van der Waals surface area (Å²) in [6, 6.07) is 24.3. The first-order valence-corrected chi connectivity index (χ1v) is 15.8. The molecule has 1 aliphatic carbocycles. The Morgan fingerprint density at radius 3 is 2.22 bits per heavy atom. The monoisotopic (exact) mass is 673 g/mol. The second kappa shape index (κ2) is 15.8. The highest BCUT2D eigenvalue weighted by molar-refractivity contribution is 6.34. The molecule has 11 heteroatoms. The Morgan fingerprint density at radius 1 is 0.660 bits per heavy atom. The van der Waals surface area contributed by atoms with E-state index in [1.165, 1.54) is 24.6 Å². The number of hydrogen-bond acceptors (Lipinski definition) is 11. The zero-order valence-electron chi connectivity index (χ0n) is 27.8. The molecule has 0 unspecified atom stereocenters. The molecule has 1 aromatic heterocycles. The van der Waals surface area contributed by atoms with Crippen LogP contribution in [-0.4, -0.2) is 56.1 Å². The van der Waals surface area contributed by atoms with E-state index in [0.717, 1.165) is 11.1 Å². The Labute approximate surface area is 289 Å². The summed E-state index contributed by atoms with van der Waals surface area (Å²) in [4.78, 5) is 34.3. The molecule has 0 fully saturated rings. The molecule has 0 atom stereocenters. The third-order valence-corrected chi connectivity index (χ3v) is 7.81. The van der Waals surface area contributed by atoms with Crippen molar-refractivity contribution >= 4 is 39.5 Å². The number of nitrogens with zero attached hydrogens (tertiary/aromatic N) is 2. The summed E-state index contributed by atoms with van der Waals surface area (Å²) in [7, 11) is 4.74. The Morgan fingerprint density at radius 2 is 1.42 bits per heavy atom. The number of methoxy groups -OCH3 is 3. The molecule has 4 aromatic carbocycles. The van der Waals surface area contributed by atoms with Crippen LogP contribution < -0.4 is 29.0 Å². The molecule has 0 bridgehead atoms. The molecule has 1 heterocycles. The fraction of sp³-hybridized carbons (Fsp3) is 0.179. The molecule has 11 nitrogen and oxygen atoms in total. The van der Waals surface area contributed by atoms with Crippen LogP contribution in [0.3, 0.4) is 0 Å². The Hall–Kier alpha value is -6.20. The molecule has 5 aromatic rings. The second-order valence-corrected chi connectivity index (χ2v) is 11.1. The molecule has 0 aliphatic heterocycles. The summed E-state index contributed by atoms with van der Waals surface area (Å²) in [5.74, 6) is 2.49. The van der Waals surface area contributed by atoms with Gasteiger partial charge in [-0.05, 0) is 65.8 Å². The second-order valence-electron chi connectivity index (χ2n) is 11.1. The summed E-state index contributed by atoms with van der Waals surface area (Å²) < 4.78 is 34.4. The number of fused-ring (bicyclic) bond motifs is 1. The minimum Gasteiger partial charge on any atom is -0.493 e. The number of carbonyl (C=O) groups excluding carboxylic acids is 2. The van der Waals surface area contributed by atoms with E-state index in [0.29, 0.717) is 76.5 Å². The van der Waals surface area contributed by atoms with Crippen LogP contribution in [0.15, 0.2) is 103 Å². The predicted octanol–water partition coefficient (Wildman–Crippen LogP) is 6.67. The molecule has 254 valence electrons. The Balaban J connectivity index is 1.26. The summed E-state index contributed by atoms with van der Waals surface area (Å²) >= 11 is 0. The maximum absolute atomic E-state index is 13.0. The topological polar surface area (TPSA) is 127 Å². The average Bonchev–Trinajstić information content (AvgIpc) is 3.15. The van der Waals surface area contributed by atoms with Crippen LogP contribution in [0.1, 0.15) is 16.7 Å². The van der Waals surface area contributed by atoms with Gasteiger partial charge in [-0.1, -0.05) is 36.4 Å². The van der Waals surface area contributed by atoms with E-state index in [9.17, 15) is 9.59 Å². The lowest BCUT2D eigenvalue weighted by Gasteiger charge is -2.17. The lowest BCUT2D eigenvalue weighted by molar-refractivity contribution is -0.113. The first-order valence-electron chi connectivity index (χ1n) is 15.8. The highest BCUT2D eigenvalue weighted by atomic mass is 16.5. The van der Waals surface area contributed by atoms with Gasteiger partial charge in [-0.3, -0.25) is 9.59 Å². The van der Waals surface area contributed by atoms with Gasteiger partial charge in [0.25, 0.3) is 0 Å². The van der Waals surface area contributed by atoms with E-state index >= 15 is 0 Å². The Kier molecular flexibility index (Phi) is 10.6. The number of ketones is 2. The smallest absolute Gasteiger partial charge is 0.186 e. The third kappa shape index (κ3) is 7.91. The van der Waals surface area contributed by atoms with Crippen molar-refractivity contribution in [1.82, 2.24) is 9.97 Å². The molecule has 0 spiro atoms. The number of rotatable bonds is 15. The van der Waals surface area contributed by atoms with Crippen molar-refractivity contribution in [2.75, 3.05) is 39.9 Å². The van der Waals surface area contributed by atoms with Crippen LogP contribution in [0, 0.1) is 0 Å². The van der Waals surface area contributed by atoms with Crippen molar-refractivity contribution in [2.45, 2.75) is 13.2 Å². The molecule has 0 saturated carbocycles. The van der Waals surface area contributed by atoms with Crippen LogP contribution in [0.4, 0.5) is 11.5 Å². The number of carbonyl (C=O) groups is 2. The van der Waals surface area contributed by atoms with Gasteiger partial charge in [-0.15, -0.1) is 0 Å². The first kappa shape index (κ1) is 33.7. The molecule has 1 N–H and O–H groups in total. The van der Waals surface area contributed by atoms with Gasteiger partial charge in [0.2, 0.25) is 0 Å². The van der Waals surface area contributed by atoms with Gasteiger partial charge in [-0.25, -0.2) is 9.97 Å². The molecule has 0 radical (unpaired) electrons. The van der Waals surface area contributed by atoms with E-state index in [1.807, 2.05) is 48.5 Å². The van der Waals surface area contributed by atoms with Crippen molar-refractivity contribution in [3.8, 4) is 28.7 Å². The number of anilines is 2. The number of aromatic nitrogens is 2. The lowest BCUT2D eigenvalue weighted by Crippen LogP contribution is -2.09. The summed E-state index contributed by atoms with van der Waals surface area (Å²) in [5, 5.41) is 4.01. The largest absolute Gasteiger partial charge is 0.493 e. The zero-order valence-corrected chi connectivity index (χ0v) is 27.8. The molecule has 50 heavy (non-hydrogen) atoms. The number of benzene rings is 4. The molecule has 6 rings (SSSR count). The van der Waals surface area contributed by atoms with E-state index in [4.69, 9.17) is 28.4 Å². The molecule has 0 amide bonds. The van der Waals surface area contributed by atoms with Crippen molar-refractivity contribution in [1.29, 1.82) is 0 Å². The third-order valence-electron chi connectivity index (χ3n) is 7.81. The van der Waals surface area contributed by atoms with Crippen molar-refractivity contribution in [3.63, 3.8) is 0 Å². The van der Waals surface area contributed by atoms with Gasteiger partial charge in [0.05, 0.1) is 26.3 Å². The zero-order chi connectivity index (χ0) is 34.9. The molecule has 0 saturated heterocycles. The van der Waals surface area contributed by atoms with Gasteiger partial charge in [0.1, 0.15) is 37.7 Å². The van der Waals surface area contributed by atoms with Gasteiger partial charge in [0.15, 0.2) is 34.6 Å². The minimum absolute atomic E-state index is 0.158. The van der Waals surface area contributed by atoms with E-state index in [-0.39, 0.29) is 23.7 Å². The minimum atomic E-state index is -0.314. The van der Waals surface area contributed by atoms with Crippen LogP contribution in [0.2, 0.25) is 0 Å². The van der Waals surface area contributed by atoms with Crippen LogP contribution in [-0.2, 0) is 27.5 Å². The highest BCUT2D eigenvalue weighted by Crippen LogP contribution is 2.37. The van der Waals surface area contributed by atoms with E-state index < -0.39 is 0 Å². The molecule has 1 aliphatic rings. The number of hydrogen-bond donors (Lipinski definition) is 1. The first-order chi connectivity index (χ1) is 24.4. The van der Waals surface area contributed by atoms with Crippen LogP contribution in [0.25, 0.3) is 16.5 Å². The van der Waals surface area contributed by atoms with E-state index in [1.54, 1.807) is 51.7 Å². The highest BCUT2D eigenvalue weighted by Gasteiger charge is 2.21. The fourth-order valence-electron chi connectivity index (χ4n) is 5.29. The molecular formula is C39H35N3O8. The lowest BCUT2D eigenvalue weighted by atomic mass is 9.95. The summed E-state index contributed by atoms with van der Waals surface area (Å²) in [6.07, 6.45) is 5.26. The normalized spacial score (nSPS) is 12.4. The fourth-order valence-corrected chi connectivity index (χ4v) is 5.29. The van der Waals surface area contributed by atoms with Crippen molar-refractivity contribution in [3.05, 3.63) is 120 Å². The van der Waals surface area contributed by atoms with Gasteiger partial charge < -0.3 is 33.7 Å². The van der Waals surface area contributed by atoms with E-state index in [2.05, 4.69) is 15.3 Å². The van der Waals surface area contributed by atoms with Crippen LogP contribution in [0.5, 0.6) is 28.7 Å².